The van der Waals surface area contributed by atoms with Gasteiger partial charge in [0.2, 0.25) is 5.91 Å². The third-order valence-electron chi connectivity index (χ3n) is 2.36. The van der Waals surface area contributed by atoms with Crippen LogP contribution in [0.15, 0.2) is 11.6 Å². The Bertz CT molecular complexity index is 346. The summed E-state index contributed by atoms with van der Waals surface area (Å²) in [4.78, 5) is 17.6. The lowest BCUT2D eigenvalue weighted by Gasteiger charge is -2.29. The summed E-state index contributed by atoms with van der Waals surface area (Å²) < 4.78 is 0. The molecule has 1 unspecified atom stereocenters. The minimum Gasteiger partial charge on any atom is -0.347 e. The molecule has 0 saturated heterocycles. The van der Waals surface area contributed by atoms with Crippen molar-refractivity contribution in [2.45, 2.75) is 32.4 Å². The quantitative estimate of drug-likeness (QED) is 0.867. The molecule has 90 valence electrons. The molecular formula is C11H19N3OS. The zero-order chi connectivity index (χ0) is 12.3. The fourth-order valence-electron chi connectivity index (χ4n) is 1.58. The maximum absolute atomic E-state index is 11.7. The zero-order valence-electron chi connectivity index (χ0n) is 10.4. The summed E-state index contributed by atoms with van der Waals surface area (Å²) in [5, 5.41) is 6.23. The van der Waals surface area contributed by atoms with Crippen LogP contribution in [0.2, 0.25) is 0 Å². The van der Waals surface area contributed by atoms with Gasteiger partial charge in [0, 0.05) is 25.7 Å². The molecule has 1 N–H and O–H groups in total. The number of carbonyl (C=O) groups is 1. The molecule has 0 bridgehead atoms. The topological polar surface area (TPSA) is 45.2 Å². The normalized spacial score (nSPS) is 13.6. The third kappa shape index (κ3) is 3.02. The lowest BCUT2D eigenvalue weighted by Crippen LogP contribution is -2.49. The molecule has 0 saturated carbocycles. The standard InChI is InChI=1S/C11H19N3OS/c1-8(9(15)14(4)5)13-11(2,3)10-12-6-7-16-10/h6-8,13H,1-5H3. The molecule has 0 radical (unpaired) electrons. The van der Waals surface area contributed by atoms with E-state index in [1.54, 1.807) is 36.5 Å². The van der Waals surface area contributed by atoms with Gasteiger partial charge in [-0.25, -0.2) is 4.98 Å². The van der Waals surface area contributed by atoms with Gasteiger partial charge < -0.3 is 4.90 Å². The predicted octanol–water partition coefficient (Wildman–Crippen LogP) is 1.44. The fraction of sp³-hybridized carbons (Fsp3) is 0.636. The fourth-order valence-corrected chi connectivity index (χ4v) is 2.31. The van der Waals surface area contributed by atoms with Crippen LogP contribution >= 0.6 is 11.3 Å². The minimum atomic E-state index is -0.279. The van der Waals surface area contributed by atoms with Crippen molar-refractivity contribution in [1.29, 1.82) is 0 Å². The summed E-state index contributed by atoms with van der Waals surface area (Å²) >= 11 is 1.59. The molecule has 0 fully saturated rings. The second-order valence-electron chi connectivity index (χ2n) is 4.56. The van der Waals surface area contributed by atoms with Crippen molar-refractivity contribution < 1.29 is 4.79 Å². The van der Waals surface area contributed by atoms with E-state index in [0.717, 1.165) is 5.01 Å². The van der Waals surface area contributed by atoms with Crippen LogP contribution < -0.4 is 5.32 Å². The summed E-state index contributed by atoms with van der Waals surface area (Å²) in [6, 6.07) is -0.214. The molecular weight excluding hydrogens is 222 g/mol. The van der Waals surface area contributed by atoms with Crippen molar-refractivity contribution >= 4 is 17.2 Å². The molecule has 1 atom stereocenters. The molecule has 0 spiro atoms. The predicted molar refractivity (Wildman–Crippen MR) is 66.4 cm³/mol. The average molecular weight is 241 g/mol. The number of aromatic nitrogens is 1. The highest BCUT2D eigenvalue weighted by molar-refractivity contribution is 7.09. The Hall–Kier alpha value is -0.940. The van der Waals surface area contributed by atoms with E-state index in [4.69, 9.17) is 0 Å². The van der Waals surface area contributed by atoms with Crippen molar-refractivity contribution in [3.8, 4) is 0 Å². The third-order valence-corrected chi connectivity index (χ3v) is 3.45. The minimum absolute atomic E-state index is 0.0737. The smallest absolute Gasteiger partial charge is 0.238 e. The van der Waals surface area contributed by atoms with Gasteiger partial charge >= 0.3 is 0 Å². The molecule has 1 aromatic heterocycles. The molecule has 5 heteroatoms. The summed E-state index contributed by atoms with van der Waals surface area (Å²) in [6.07, 6.45) is 1.78. The van der Waals surface area contributed by atoms with E-state index in [2.05, 4.69) is 10.3 Å². The van der Waals surface area contributed by atoms with Crippen LogP contribution in [0.5, 0.6) is 0 Å². The lowest BCUT2D eigenvalue weighted by atomic mass is 10.1. The lowest BCUT2D eigenvalue weighted by molar-refractivity contribution is -0.131. The number of nitrogens with zero attached hydrogens (tertiary/aromatic N) is 2. The molecule has 0 aromatic carbocycles. The van der Waals surface area contributed by atoms with Crippen molar-refractivity contribution in [2.75, 3.05) is 14.1 Å². The molecule has 16 heavy (non-hydrogen) atoms. The Morgan fingerprint density at radius 1 is 1.56 bits per heavy atom. The van der Waals surface area contributed by atoms with Crippen molar-refractivity contribution in [3.63, 3.8) is 0 Å². The first-order valence-electron chi connectivity index (χ1n) is 5.23. The molecule has 1 aromatic rings. The SMILES string of the molecule is CC(NC(C)(C)c1nccs1)C(=O)N(C)C. The molecule has 1 rings (SSSR count). The van der Waals surface area contributed by atoms with Gasteiger partial charge in [-0.05, 0) is 20.8 Å². The molecule has 1 amide bonds. The van der Waals surface area contributed by atoms with Gasteiger partial charge in [0.15, 0.2) is 0 Å². The highest BCUT2D eigenvalue weighted by atomic mass is 32.1. The molecule has 0 aliphatic rings. The van der Waals surface area contributed by atoms with Crippen LogP contribution in [0, 0.1) is 0 Å². The monoisotopic (exact) mass is 241 g/mol. The number of hydrogen-bond acceptors (Lipinski definition) is 4. The first-order valence-corrected chi connectivity index (χ1v) is 6.11. The maximum atomic E-state index is 11.7. The van der Waals surface area contributed by atoms with Crippen molar-refractivity contribution in [1.82, 2.24) is 15.2 Å². The van der Waals surface area contributed by atoms with Gasteiger partial charge in [0.25, 0.3) is 0 Å². The van der Waals surface area contributed by atoms with Crippen molar-refractivity contribution in [3.05, 3.63) is 16.6 Å². The van der Waals surface area contributed by atoms with E-state index in [1.807, 2.05) is 26.2 Å². The molecule has 1 heterocycles. The first kappa shape index (κ1) is 13.1. The maximum Gasteiger partial charge on any atom is 0.238 e. The van der Waals surface area contributed by atoms with E-state index >= 15 is 0 Å². The van der Waals surface area contributed by atoms with Crippen molar-refractivity contribution in [2.24, 2.45) is 0 Å². The summed E-state index contributed by atoms with van der Waals surface area (Å²) in [5.41, 5.74) is -0.279. The van der Waals surface area contributed by atoms with Crippen LogP contribution in [-0.4, -0.2) is 35.9 Å². The summed E-state index contributed by atoms with van der Waals surface area (Å²) in [5.74, 6) is 0.0737. The van der Waals surface area contributed by atoms with Gasteiger partial charge in [0.05, 0.1) is 11.6 Å². The second kappa shape index (κ2) is 4.93. The van der Waals surface area contributed by atoms with E-state index in [1.165, 1.54) is 0 Å². The average Bonchev–Trinajstić information content (AvgIpc) is 2.68. The van der Waals surface area contributed by atoms with Crippen LogP contribution in [0.4, 0.5) is 0 Å². The largest absolute Gasteiger partial charge is 0.347 e. The Balaban J connectivity index is 2.70. The van der Waals surface area contributed by atoms with Crippen LogP contribution in [0.1, 0.15) is 25.8 Å². The Morgan fingerprint density at radius 3 is 2.62 bits per heavy atom. The van der Waals surface area contributed by atoms with E-state index in [9.17, 15) is 4.79 Å². The molecule has 0 aliphatic carbocycles. The Kier molecular flexibility index (Phi) is 4.04. The highest BCUT2D eigenvalue weighted by Crippen LogP contribution is 2.22. The molecule has 0 aliphatic heterocycles. The number of thiazole rings is 1. The van der Waals surface area contributed by atoms with E-state index in [-0.39, 0.29) is 17.5 Å². The molecule has 4 nitrogen and oxygen atoms in total. The number of rotatable bonds is 4. The van der Waals surface area contributed by atoms with Gasteiger partial charge in [-0.1, -0.05) is 0 Å². The number of likely N-dealkylation sites (N-methyl/N-ethyl adjacent to an activating group) is 1. The number of carbonyl (C=O) groups excluding carboxylic acids is 1. The van der Waals surface area contributed by atoms with Gasteiger partial charge in [-0.2, -0.15) is 0 Å². The second-order valence-corrected chi connectivity index (χ2v) is 5.46. The van der Waals surface area contributed by atoms with E-state index < -0.39 is 0 Å². The summed E-state index contributed by atoms with van der Waals surface area (Å²) in [6.45, 7) is 5.94. The van der Waals surface area contributed by atoms with Crippen LogP contribution in [0.25, 0.3) is 0 Å². The van der Waals surface area contributed by atoms with Gasteiger partial charge in [-0.3, -0.25) is 10.1 Å². The number of hydrogen-bond donors (Lipinski definition) is 1. The Morgan fingerprint density at radius 2 is 2.19 bits per heavy atom. The zero-order valence-corrected chi connectivity index (χ0v) is 11.3. The Labute approximate surface area is 101 Å². The highest BCUT2D eigenvalue weighted by Gasteiger charge is 2.28. The van der Waals surface area contributed by atoms with Crippen LogP contribution in [0.3, 0.4) is 0 Å². The van der Waals surface area contributed by atoms with Crippen LogP contribution in [-0.2, 0) is 10.3 Å². The number of nitrogens with one attached hydrogen (secondary N) is 1. The van der Waals surface area contributed by atoms with Gasteiger partial charge in [-0.15, -0.1) is 11.3 Å². The first-order chi connectivity index (χ1) is 7.34. The number of amides is 1. The van der Waals surface area contributed by atoms with Gasteiger partial charge in [0.1, 0.15) is 5.01 Å². The van der Waals surface area contributed by atoms with E-state index in [0.29, 0.717) is 0 Å². The summed E-state index contributed by atoms with van der Waals surface area (Å²) in [7, 11) is 3.52.